The predicted molar refractivity (Wildman–Crippen MR) is 71.5 cm³/mol. The van der Waals surface area contributed by atoms with Gasteiger partial charge in [0, 0.05) is 25.4 Å². The molecule has 0 aliphatic carbocycles. The fourth-order valence-corrected chi connectivity index (χ4v) is 2.82. The normalized spacial score (nSPS) is 11.8. The smallest absolute Gasteiger partial charge is 0.312 e. The van der Waals surface area contributed by atoms with E-state index < -0.39 is 11.9 Å². The van der Waals surface area contributed by atoms with Crippen LogP contribution < -0.4 is 5.32 Å². The van der Waals surface area contributed by atoms with Gasteiger partial charge in [0.15, 0.2) is 5.69 Å². The fraction of sp³-hybridized carbons (Fsp3) is 0.385. The Bertz CT molecular complexity index is 552. The number of hydrogen-bond donors (Lipinski definition) is 1. The molecule has 0 amide bonds. The summed E-state index contributed by atoms with van der Waals surface area (Å²) in [6, 6.07) is 3.55. The first-order valence-corrected chi connectivity index (χ1v) is 6.97. The van der Waals surface area contributed by atoms with Gasteiger partial charge in [-0.15, -0.1) is 11.3 Å². The second-order valence-electron chi connectivity index (χ2n) is 4.19. The number of nitrogens with zero attached hydrogens (tertiary/aromatic N) is 2. The van der Waals surface area contributed by atoms with Crippen LogP contribution >= 0.6 is 11.3 Å². The summed E-state index contributed by atoms with van der Waals surface area (Å²) >= 11 is 1.11. The van der Waals surface area contributed by atoms with Gasteiger partial charge in [-0.25, -0.2) is 4.98 Å². The maximum absolute atomic E-state index is 12.9. The van der Waals surface area contributed by atoms with Gasteiger partial charge >= 0.3 is 6.18 Å². The quantitative estimate of drug-likeness (QED) is 0.921. The van der Waals surface area contributed by atoms with Crippen LogP contribution in [0.4, 0.5) is 13.2 Å². The van der Waals surface area contributed by atoms with Crippen LogP contribution in [0.3, 0.4) is 0 Å². The zero-order chi connectivity index (χ0) is 14.6. The summed E-state index contributed by atoms with van der Waals surface area (Å²) in [6.07, 6.45) is -0.777. The van der Waals surface area contributed by atoms with Gasteiger partial charge in [-0.1, -0.05) is 6.92 Å². The number of pyridine rings is 1. The van der Waals surface area contributed by atoms with Crippen LogP contribution in [0.25, 0.3) is 0 Å². The minimum atomic E-state index is -4.41. The number of alkyl halides is 3. The molecule has 7 heteroatoms. The topological polar surface area (TPSA) is 37.8 Å². The molecule has 2 aromatic heterocycles. The molecule has 0 aromatic carbocycles. The fourth-order valence-electron chi connectivity index (χ4n) is 1.73. The van der Waals surface area contributed by atoms with E-state index in [2.05, 4.69) is 15.3 Å². The van der Waals surface area contributed by atoms with Gasteiger partial charge < -0.3 is 5.32 Å². The van der Waals surface area contributed by atoms with E-state index >= 15 is 0 Å². The molecular formula is C13H14F3N3S. The number of aromatic nitrogens is 2. The van der Waals surface area contributed by atoms with Crippen molar-refractivity contribution in [1.82, 2.24) is 15.3 Å². The number of hydrogen-bond acceptors (Lipinski definition) is 4. The van der Waals surface area contributed by atoms with E-state index in [1.165, 1.54) is 0 Å². The molecule has 0 atom stereocenters. The Labute approximate surface area is 118 Å². The molecule has 0 unspecified atom stereocenters. The van der Waals surface area contributed by atoms with E-state index in [-0.39, 0.29) is 11.4 Å². The Hall–Kier alpha value is -1.47. The third kappa shape index (κ3) is 3.77. The molecule has 0 saturated heterocycles. The first-order chi connectivity index (χ1) is 9.50. The van der Waals surface area contributed by atoms with E-state index in [9.17, 15) is 13.2 Å². The molecule has 2 aromatic rings. The second kappa shape index (κ2) is 6.32. The standard InChI is InChI=1S/C13H14F3N3S/c1-2-17-8-10-12(13(14,15)16)19-11(20-10)7-9-3-5-18-6-4-9/h3-6,17H,2,7-8H2,1H3. The van der Waals surface area contributed by atoms with Crippen molar-refractivity contribution in [3.63, 3.8) is 0 Å². The molecule has 0 aliphatic heterocycles. The van der Waals surface area contributed by atoms with Gasteiger partial charge in [0.2, 0.25) is 0 Å². The molecule has 0 aliphatic rings. The minimum absolute atomic E-state index is 0.194. The predicted octanol–water partition coefficient (Wildman–Crippen LogP) is 3.26. The molecule has 2 rings (SSSR count). The summed E-state index contributed by atoms with van der Waals surface area (Å²) in [5.41, 5.74) is 0.130. The van der Waals surface area contributed by atoms with Gasteiger partial charge in [-0.2, -0.15) is 13.2 Å². The van der Waals surface area contributed by atoms with Crippen LogP contribution in [0.15, 0.2) is 24.5 Å². The zero-order valence-corrected chi connectivity index (χ0v) is 11.7. The van der Waals surface area contributed by atoms with Crippen molar-refractivity contribution in [3.8, 4) is 0 Å². The molecule has 108 valence electrons. The van der Waals surface area contributed by atoms with Crippen molar-refractivity contribution in [1.29, 1.82) is 0 Å². The monoisotopic (exact) mass is 301 g/mol. The van der Waals surface area contributed by atoms with Gasteiger partial charge in [0.1, 0.15) is 0 Å². The molecule has 1 N–H and O–H groups in total. The number of thiazole rings is 1. The van der Waals surface area contributed by atoms with Crippen molar-refractivity contribution in [2.24, 2.45) is 0 Å². The van der Waals surface area contributed by atoms with Crippen LogP contribution in [-0.4, -0.2) is 16.5 Å². The van der Waals surface area contributed by atoms with Crippen LogP contribution in [0.1, 0.15) is 28.1 Å². The summed E-state index contributed by atoms with van der Waals surface area (Å²) in [5.74, 6) is 0. The molecular weight excluding hydrogens is 287 g/mol. The number of nitrogens with one attached hydrogen (secondary N) is 1. The van der Waals surface area contributed by atoms with Gasteiger partial charge in [0.25, 0.3) is 0 Å². The molecule has 2 heterocycles. The molecule has 0 fully saturated rings. The molecule has 0 bridgehead atoms. The molecule has 0 spiro atoms. The Morgan fingerprint density at radius 1 is 1.25 bits per heavy atom. The van der Waals surface area contributed by atoms with Crippen molar-refractivity contribution in [2.75, 3.05) is 6.54 Å². The van der Waals surface area contributed by atoms with Crippen molar-refractivity contribution in [3.05, 3.63) is 45.7 Å². The first-order valence-electron chi connectivity index (χ1n) is 6.16. The molecule has 0 radical (unpaired) electrons. The average molecular weight is 301 g/mol. The molecule has 20 heavy (non-hydrogen) atoms. The molecule has 3 nitrogen and oxygen atoms in total. The minimum Gasteiger partial charge on any atom is -0.312 e. The maximum atomic E-state index is 12.9. The van der Waals surface area contributed by atoms with Gasteiger partial charge in [-0.05, 0) is 24.2 Å². The lowest BCUT2D eigenvalue weighted by Gasteiger charge is -2.05. The van der Waals surface area contributed by atoms with E-state index in [0.29, 0.717) is 18.0 Å². The highest BCUT2D eigenvalue weighted by Gasteiger charge is 2.37. The van der Waals surface area contributed by atoms with Gasteiger partial charge in [-0.3, -0.25) is 4.98 Å². The van der Waals surface area contributed by atoms with Gasteiger partial charge in [0.05, 0.1) is 9.88 Å². The summed E-state index contributed by atoms with van der Waals surface area (Å²) in [6.45, 7) is 2.67. The number of halogens is 3. The summed E-state index contributed by atoms with van der Waals surface area (Å²) in [4.78, 5) is 7.88. The summed E-state index contributed by atoms with van der Waals surface area (Å²) in [7, 11) is 0. The van der Waals surface area contributed by atoms with E-state index in [4.69, 9.17) is 0 Å². The van der Waals surface area contributed by atoms with Crippen molar-refractivity contribution < 1.29 is 13.2 Å². The Morgan fingerprint density at radius 3 is 2.55 bits per heavy atom. The highest BCUT2D eigenvalue weighted by atomic mass is 32.1. The van der Waals surface area contributed by atoms with Crippen LogP contribution in [-0.2, 0) is 19.1 Å². The number of rotatable bonds is 5. The van der Waals surface area contributed by atoms with E-state index in [1.54, 1.807) is 24.5 Å². The lowest BCUT2D eigenvalue weighted by Crippen LogP contribution is -2.15. The van der Waals surface area contributed by atoms with E-state index in [1.807, 2.05) is 6.92 Å². The lowest BCUT2D eigenvalue weighted by atomic mass is 10.2. The Morgan fingerprint density at radius 2 is 1.95 bits per heavy atom. The summed E-state index contributed by atoms with van der Waals surface area (Å²) in [5, 5.41) is 3.38. The average Bonchev–Trinajstić information content (AvgIpc) is 2.80. The maximum Gasteiger partial charge on any atom is 0.434 e. The summed E-state index contributed by atoms with van der Waals surface area (Å²) < 4.78 is 38.8. The van der Waals surface area contributed by atoms with Crippen LogP contribution in [0, 0.1) is 0 Å². The van der Waals surface area contributed by atoms with E-state index in [0.717, 1.165) is 16.9 Å². The SMILES string of the molecule is CCNCc1sc(Cc2ccncc2)nc1C(F)(F)F. The lowest BCUT2D eigenvalue weighted by molar-refractivity contribution is -0.141. The highest BCUT2D eigenvalue weighted by molar-refractivity contribution is 7.11. The third-order valence-electron chi connectivity index (χ3n) is 2.65. The zero-order valence-electron chi connectivity index (χ0n) is 10.9. The van der Waals surface area contributed by atoms with Crippen LogP contribution in [0.2, 0.25) is 0 Å². The van der Waals surface area contributed by atoms with Crippen molar-refractivity contribution >= 4 is 11.3 Å². The largest absolute Gasteiger partial charge is 0.434 e. The van der Waals surface area contributed by atoms with Crippen molar-refractivity contribution in [2.45, 2.75) is 26.1 Å². The van der Waals surface area contributed by atoms with Crippen LogP contribution in [0.5, 0.6) is 0 Å². The second-order valence-corrected chi connectivity index (χ2v) is 5.36. The first kappa shape index (κ1) is 14.9. The molecule has 0 saturated carbocycles. The Balaban J connectivity index is 2.24. The Kier molecular flexibility index (Phi) is 4.72. The third-order valence-corrected chi connectivity index (χ3v) is 3.71. The highest BCUT2D eigenvalue weighted by Crippen LogP contribution is 2.34.